The highest BCUT2D eigenvalue weighted by Crippen LogP contribution is 2.29. The number of benzene rings is 2. The number of carboxylic acids is 1. The summed E-state index contributed by atoms with van der Waals surface area (Å²) in [6.07, 6.45) is 0. The zero-order valence-corrected chi connectivity index (χ0v) is 13.9. The molecule has 0 fully saturated rings. The number of carboxylic acid groups (broad SMARTS) is 1. The average Bonchev–Trinajstić information content (AvgIpc) is 3.02. The lowest BCUT2D eigenvalue weighted by atomic mass is 10.0. The summed E-state index contributed by atoms with van der Waals surface area (Å²) >= 11 is 0. The second kappa shape index (κ2) is 6.76. The van der Waals surface area contributed by atoms with Crippen molar-refractivity contribution in [1.82, 2.24) is 10.5 Å². The van der Waals surface area contributed by atoms with Crippen LogP contribution in [0.15, 0.2) is 53.1 Å². The third kappa shape index (κ3) is 3.38. The predicted molar refractivity (Wildman–Crippen MR) is 93.2 cm³/mol. The van der Waals surface area contributed by atoms with Gasteiger partial charge in [0.25, 0.3) is 5.91 Å². The number of amides is 1. The van der Waals surface area contributed by atoms with Gasteiger partial charge in [0.15, 0.2) is 5.76 Å². The molecule has 1 aromatic heterocycles. The van der Waals surface area contributed by atoms with Crippen LogP contribution in [-0.4, -0.2) is 28.2 Å². The van der Waals surface area contributed by atoms with E-state index in [1.54, 1.807) is 32.0 Å². The van der Waals surface area contributed by atoms with Gasteiger partial charge in [-0.2, -0.15) is 0 Å². The van der Waals surface area contributed by atoms with Gasteiger partial charge in [0.05, 0.1) is 5.39 Å². The normalized spacial score (nSPS) is 12.3. The summed E-state index contributed by atoms with van der Waals surface area (Å²) in [6.45, 7) is 3.49. The predicted octanol–water partition coefficient (Wildman–Crippen LogP) is 3.33. The summed E-state index contributed by atoms with van der Waals surface area (Å²) in [5.41, 5.74) is 1.85. The Balaban J connectivity index is 1.95. The van der Waals surface area contributed by atoms with Crippen LogP contribution in [0, 0.1) is 5.92 Å². The van der Waals surface area contributed by atoms with Crippen molar-refractivity contribution in [2.75, 3.05) is 0 Å². The van der Waals surface area contributed by atoms with E-state index in [2.05, 4.69) is 10.5 Å². The molecular formula is C19H18N2O4. The second-order valence-electron chi connectivity index (χ2n) is 6.14. The molecule has 2 N–H and O–H groups in total. The highest BCUT2D eigenvalue weighted by molar-refractivity contribution is 6.02. The molecule has 25 heavy (non-hydrogen) atoms. The van der Waals surface area contributed by atoms with Gasteiger partial charge in [-0.3, -0.25) is 4.79 Å². The van der Waals surface area contributed by atoms with E-state index in [0.29, 0.717) is 22.2 Å². The molecule has 1 heterocycles. The summed E-state index contributed by atoms with van der Waals surface area (Å²) < 4.78 is 5.42. The van der Waals surface area contributed by atoms with E-state index in [4.69, 9.17) is 4.52 Å². The Hall–Kier alpha value is -3.15. The smallest absolute Gasteiger partial charge is 0.326 e. The lowest BCUT2D eigenvalue weighted by Gasteiger charge is -2.17. The standard InChI is InChI=1S/C19H18N2O4/c1-11(2)16(19(23)24)20-18(22)13-8-9-15-14(10-13)17(25-21-15)12-6-4-3-5-7-12/h3-11,16H,1-2H3,(H,20,22)(H,23,24). The fourth-order valence-electron chi connectivity index (χ4n) is 2.62. The summed E-state index contributed by atoms with van der Waals surface area (Å²) in [7, 11) is 0. The van der Waals surface area contributed by atoms with Crippen molar-refractivity contribution >= 4 is 22.8 Å². The van der Waals surface area contributed by atoms with Crippen LogP contribution < -0.4 is 5.32 Å². The van der Waals surface area contributed by atoms with E-state index in [1.165, 1.54) is 0 Å². The molecule has 2 aromatic carbocycles. The largest absolute Gasteiger partial charge is 0.480 e. The number of nitrogens with one attached hydrogen (secondary N) is 1. The molecule has 0 spiro atoms. The van der Waals surface area contributed by atoms with E-state index in [1.807, 2.05) is 30.3 Å². The molecule has 0 saturated heterocycles. The SMILES string of the molecule is CC(C)C(NC(=O)c1ccc2noc(-c3ccccc3)c2c1)C(=O)O. The number of fused-ring (bicyclic) bond motifs is 1. The molecule has 1 atom stereocenters. The van der Waals surface area contributed by atoms with Crippen LogP contribution in [-0.2, 0) is 4.79 Å². The lowest BCUT2D eigenvalue weighted by molar-refractivity contribution is -0.140. The molecule has 0 saturated carbocycles. The first kappa shape index (κ1) is 16.7. The molecule has 128 valence electrons. The van der Waals surface area contributed by atoms with Crippen LogP contribution >= 0.6 is 0 Å². The molecule has 1 unspecified atom stereocenters. The first-order valence-corrected chi connectivity index (χ1v) is 7.96. The van der Waals surface area contributed by atoms with Crippen molar-refractivity contribution in [3.8, 4) is 11.3 Å². The van der Waals surface area contributed by atoms with Crippen molar-refractivity contribution in [2.24, 2.45) is 5.92 Å². The van der Waals surface area contributed by atoms with E-state index in [-0.39, 0.29) is 5.92 Å². The average molecular weight is 338 g/mol. The molecule has 0 radical (unpaired) electrons. The minimum Gasteiger partial charge on any atom is -0.480 e. The van der Waals surface area contributed by atoms with Gasteiger partial charge < -0.3 is 14.9 Å². The van der Waals surface area contributed by atoms with E-state index < -0.39 is 17.9 Å². The maximum atomic E-state index is 12.5. The number of hydrogen-bond donors (Lipinski definition) is 2. The summed E-state index contributed by atoms with van der Waals surface area (Å²) in [5.74, 6) is -1.15. The Kier molecular flexibility index (Phi) is 4.52. The number of hydrogen-bond acceptors (Lipinski definition) is 4. The van der Waals surface area contributed by atoms with Crippen molar-refractivity contribution in [2.45, 2.75) is 19.9 Å². The van der Waals surface area contributed by atoms with Crippen LogP contribution in [0.25, 0.3) is 22.2 Å². The monoisotopic (exact) mass is 338 g/mol. The first-order chi connectivity index (χ1) is 12.0. The number of carbonyl (C=O) groups is 2. The second-order valence-corrected chi connectivity index (χ2v) is 6.14. The minimum absolute atomic E-state index is 0.222. The molecule has 0 bridgehead atoms. The highest BCUT2D eigenvalue weighted by Gasteiger charge is 2.24. The molecular weight excluding hydrogens is 320 g/mol. The zero-order chi connectivity index (χ0) is 18.0. The van der Waals surface area contributed by atoms with Crippen molar-refractivity contribution in [1.29, 1.82) is 0 Å². The number of aromatic nitrogens is 1. The Labute approximate surface area is 144 Å². The quantitative estimate of drug-likeness (QED) is 0.744. The van der Waals surface area contributed by atoms with Crippen molar-refractivity contribution in [3.63, 3.8) is 0 Å². The molecule has 1 amide bonds. The first-order valence-electron chi connectivity index (χ1n) is 7.96. The fraction of sp³-hybridized carbons (Fsp3) is 0.211. The van der Waals surface area contributed by atoms with Gasteiger partial charge in [0, 0.05) is 11.1 Å². The summed E-state index contributed by atoms with van der Waals surface area (Å²) in [5, 5.41) is 16.5. The Bertz CT molecular complexity index is 916. The molecule has 6 nitrogen and oxygen atoms in total. The van der Waals surface area contributed by atoms with Gasteiger partial charge in [0.2, 0.25) is 0 Å². The van der Waals surface area contributed by atoms with Crippen LogP contribution in [0.1, 0.15) is 24.2 Å². The molecule has 6 heteroatoms. The van der Waals surface area contributed by atoms with Crippen LogP contribution in [0.4, 0.5) is 0 Å². The third-order valence-electron chi connectivity index (χ3n) is 3.99. The number of aliphatic carboxylic acids is 1. The van der Waals surface area contributed by atoms with E-state index in [9.17, 15) is 14.7 Å². The van der Waals surface area contributed by atoms with Crippen LogP contribution in [0.2, 0.25) is 0 Å². The number of rotatable bonds is 5. The number of nitrogens with zero attached hydrogens (tertiary/aromatic N) is 1. The van der Waals surface area contributed by atoms with E-state index >= 15 is 0 Å². The molecule has 3 aromatic rings. The third-order valence-corrected chi connectivity index (χ3v) is 3.99. The Morgan fingerprint density at radius 1 is 1.12 bits per heavy atom. The van der Waals surface area contributed by atoms with Gasteiger partial charge in [-0.1, -0.05) is 49.3 Å². The molecule has 0 aliphatic carbocycles. The Morgan fingerprint density at radius 3 is 2.48 bits per heavy atom. The van der Waals surface area contributed by atoms with E-state index in [0.717, 1.165) is 5.56 Å². The summed E-state index contributed by atoms with van der Waals surface area (Å²) in [6, 6.07) is 13.5. The maximum Gasteiger partial charge on any atom is 0.326 e. The number of carbonyl (C=O) groups excluding carboxylic acids is 1. The topological polar surface area (TPSA) is 92.4 Å². The minimum atomic E-state index is -1.06. The van der Waals surface area contributed by atoms with Gasteiger partial charge >= 0.3 is 5.97 Å². The van der Waals surface area contributed by atoms with Gasteiger partial charge in [0.1, 0.15) is 11.6 Å². The Morgan fingerprint density at radius 2 is 1.84 bits per heavy atom. The van der Waals surface area contributed by atoms with Gasteiger partial charge in [-0.15, -0.1) is 0 Å². The summed E-state index contributed by atoms with van der Waals surface area (Å²) in [4.78, 5) is 23.7. The van der Waals surface area contributed by atoms with Crippen molar-refractivity contribution < 1.29 is 19.2 Å². The highest BCUT2D eigenvalue weighted by atomic mass is 16.5. The molecule has 0 aliphatic rings. The van der Waals surface area contributed by atoms with Gasteiger partial charge in [-0.25, -0.2) is 4.79 Å². The van der Waals surface area contributed by atoms with Crippen LogP contribution in [0.5, 0.6) is 0 Å². The molecule has 0 aliphatic heterocycles. The van der Waals surface area contributed by atoms with Crippen LogP contribution in [0.3, 0.4) is 0 Å². The fourth-order valence-corrected chi connectivity index (χ4v) is 2.62. The maximum absolute atomic E-state index is 12.5. The lowest BCUT2D eigenvalue weighted by Crippen LogP contribution is -2.44. The molecule has 3 rings (SSSR count). The zero-order valence-electron chi connectivity index (χ0n) is 13.9. The van der Waals surface area contributed by atoms with Gasteiger partial charge in [-0.05, 0) is 24.1 Å². The van der Waals surface area contributed by atoms with Crippen molar-refractivity contribution in [3.05, 3.63) is 54.1 Å².